The third-order valence-corrected chi connectivity index (χ3v) is 4.38. The van der Waals surface area contributed by atoms with E-state index in [1.165, 1.54) is 0 Å². The van der Waals surface area contributed by atoms with Crippen LogP contribution in [0.15, 0.2) is 18.2 Å². The molecule has 0 aliphatic heterocycles. The fourth-order valence-corrected chi connectivity index (χ4v) is 2.29. The molecule has 2 N–H and O–H groups in total. The molecule has 1 aromatic heterocycles. The fraction of sp³-hybridized carbons (Fsp3) is 0.417. The number of nitrogens with two attached hydrogens (primary N) is 1. The summed E-state index contributed by atoms with van der Waals surface area (Å²) in [5.41, 5.74) is 7.75. The van der Waals surface area contributed by atoms with E-state index in [1.54, 1.807) is 11.8 Å². The van der Waals surface area contributed by atoms with Gasteiger partial charge in [0.05, 0.1) is 16.1 Å². The molecule has 0 aliphatic rings. The van der Waals surface area contributed by atoms with Crippen molar-refractivity contribution >= 4 is 40.3 Å². The predicted octanol–water partition coefficient (Wildman–Crippen LogP) is 3.41. The smallest absolute Gasteiger partial charge is 0.201 e. The second-order valence-corrected chi connectivity index (χ2v) is 6.55. The second kappa shape index (κ2) is 4.42. The molecule has 0 amide bonds. The van der Waals surface area contributed by atoms with Gasteiger partial charge in [-0.3, -0.25) is 0 Å². The number of thioether (sulfide) groups is 1. The summed E-state index contributed by atoms with van der Waals surface area (Å²) in [4.78, 5) is 4.34. The molecule has 0 fully saturated rings. The first-order valence-corrected chi connectivity index (χ1v) is 7.00. The predicted molar refractivity (Wildman–Crippen MR) is 76.7 cm³/mol. The maximum Gasteiger partial charge on any atom is 0.201 e. The first kappa shape index (κ1) is 12.6. The lowest BCUT2D eigenvalue weighted by atomic mass is 10.2. The highest BCUT2D eigenvalue weighted by Crippen LogP contribution is 2.30. The van der Waals surface area contributed by atoms with Crippen LogP contribution in [0.4, 0.5) is 5.95 Å². The van der Waals surface area contributed by atoms with Crippen LogP contribution in [0, 0.1) is 0 Å². The van der Waals surface area contributed by atoms with Crippen molar-refractivity contribution < 1.29 is 0 Å². The van der Waals surface area contributed by atoms with Crippen molar-refractivity contribution in [2.75, 3.05) is 12.0 Å². The van der Waals surface area contributed by atoms with Crippen LogP contribution in [-0.4, -0.2) is 20.6 Å². The van der Waals surface area contributed by atoms with Crippen LogP contribution >= 0.6 is 23.4 Å². The zero-order chi connectivity index (χ0) is 12.6. The highest BCUT2D eigenvalue weighted by Gasteiger charge is 2.21. The molecule has 0 unspecified atom stereocenters. The van der Waals surface area contributed by atoms with Crippen LogP contribution in [-0.2, 0) is 6.54 Å². The molecular formula is C12H16ClN3S. The quantitative estimate of drug-likeness (QED) is 0.929. The van der Waals surface area contributed by atoms with Crippen LogP contribution in [0.25, 0.3) is 11.0 Å². The zero-order valence-corrected chi connectivity index (χ0v) is 11.8. The molecule has 0 saturated carbocycles. The molecule has 17 heavy (non-hydrogen) atoms. The van der Waals surface area contributed by atoms with Gasteiger partial charge in [0, 0.05) is 11.3 Å². The van der Waals surface area contributed by atoms with Crippen molar-refractivity contribution in [1.82, 2.24) is 9.55 Å². The summed E-state index contributed by atoms with van der Waals surface area (Å²) >= 11 is 8.03. The Labute approximate surface area is 110 Å². The highest BCUT2D eigenvalue weighted by atomic mass is 35.5. The first-order chi connectivity index (χ1) is 7.94. The minimum Gasteiger partial charge on any atom is -0.369 e. The van der Waals surface area contributed by atoms with Gasteiger partial charge in [-0.1, -0.05) is 17.7 Å². The summed E-state index contributed by atoms with van der Waals surface area (Å²) in [7, 11) is 0. The molecule has 2 aromatic rings. The van der Waals surface area contributed by atoms with Crippen LogP contribution in [0.5, 0.6) is 0 Å². The van der Waals surface area contributed by atoms with Crippen LogP contribution in [0.2, 0.25) is 5.02 Å². The van der Waals surface area contributed by atoms with E-state index < -0.39 is 0 Å². The summed E-state index contributed by atoms with van der Waals surface area (Å²) in [6.45, 7) is 5.15. The largest absolute Gasteiger partial charge is 0.369 e. The Bertz CT molecular complexity index is 548. The van der Waals surface area contributed by atoms with Crippen LogP contribution in [0.1, 0.15) is 13.8 Å². The SMILES string of the molecule is CSC(C)(C)Cn1c(N)nc2cccc(Cl)c21. The summed E-state index contributed by atoms with van der Waals surface area (Å²) in [6, 6.07) is 5.69. The van der Waals surface area contributed by atoms with Crippen LogP contribution < -0.4 is 5.73 Å². The standard InChI is InChI=1S/C12H16ClN3S/c1-12(2,17-3)7-16-10-8(13)5-4-6-9(10)15-11(16)14/h4-6H,7H2,1-3H3,(H2,14,15). The van der Waals surface area contributed by atoms with Crippen molar-refractivity contribution in [3.05, 3.63) is 23.2 Å². The number of benzene rings is 1. The number of anilines is 1. The number of nitrogens with zero attached hydrogens (tertiary/aromatic N) is 2. The molecule has 2 rings (SSSR count). The van der Waals surface area contributed by atoms with Gasteiger partial charge in [-0.2, -0.15) is 11.8 Å². The van der Waals surface area contributed by atoms with E-state index >= 15 is 0 Å². The summed E-state index contributed by atoms with van der Waals surface area (Å²) < 4.78 is 2.09. The van der Waals surface area contributed by atoms with Gasteiger partial charge >= 0.3 is 0 Å². The van der Waals surface area contributed by atoms with Crippen molar-refractivity contribution in [2.24, 2.45) is 0 Å². The van der Waals surface area contributed by atoms with E-state index in [0.717, 1.165) is 17.6 Å². The van der Waals surface area contributed by atoms with Gasteiger partial charge in [-0.15, -0.1) is 0 Å². The lowest BCUT2D eigenvalue weighted by Gasteiger charge is -2.23. The van der Waals surface area contributed by atoms with E-state index in [9.17, 15) is 0 Å². The topological polar surface area (TPSA) is 43.8 Å². The zero-order valence-electron chi connectivity index (χ0n) is 10.2. The van der Waals surface area contributed by atoms with Crippen molar-refractivity contribution in [1.29, 1.82) is 0 Å². The average Bonchev–Trinajstić information content (AvgIpc) is 2.56. The summed E-state index contributed by atoms with van der Waals surface area (Å²) in [5.74, 6) is 0.523. The Balaban J connectivity index is 2.57. The Kier molecular flexibility index (Phi) is 3.27. The highest BCUT2D eigenvalue weighted by molar-refractivity contribution is 7.99. The Morgan fingerprint density at radius 3 is 2.82 bits per heavy atom. The van der Waals surface area contributed by atoms with Crippen molar-refractivity contribution in [2.45, 2.75) is 25.1 Å². The number of fused-ring (bicyclic) bond motifs is 1. The molecule has 3 nitrogen and oxygen atoms in total. The van der Waals surface area contributed by atoms with E-state index in [-0.39, 0.29) is 4.75 Å². The first-order valence-electron chi connectivity index (χ1n) is 5.40. The summed E-state index contributed by atoms with van der Waals surface area (Å²) in [5, 5.41) is 0.698. The number of aromatic nitrogens is 2. The molecule has 1 aromatic carbocycles. The molecule has 0 bridgehead atoms. The molecule has 0 atom stereocenters. The van der Waals surface area contributed by atoms with Gasteiger partial charge in [0.25, 0.3) is 0 Å². The van der Waals surface area contributed by atoms with Crippen molar-refractivity contribution in [3.63, 3.8) is 0 Å². The van der Waals surface area contributed by atoms with Gasteiger partial charge < -0.3 is 10.3 Å². The molecule has 5 heteroatoms. The normalized spacial score (nSPS) is 12.2. The number of rotatable bonds is 3. The monoisotopic (exact) mass is 269 g/mol. The maximum atomic E-state index is 6.22. The van der Waals surface area contributed by atoms with E-state index in [4.69, 9.17) is 17.3 Å². The summed E-state index contributed by atoms with van der Waals surface area (Å²) in [6.07, 6.45) is 2.09. The Morgan fingerprint density at radius 2 is 2.18 bits per heavy atom. The van der Waals surface area contributed by atoms with Gasteiger partial charge in [0.15, 0.2) is 0 Å². The minimum absolute atomic E-state index is 0.0981. The third-order valence-electron chi connectivity index (χ3n) is 2.84. The Hall–Kier alpha value is -0.870. The van der Waals surface area contributed by atoms with Gasteiger partial charge in [0.2, 0.25) is 5.95 Å². The molecule has 0 saturated heterocycles. The Morgan fingerprint density at radius 1 is 1.47 bits per heavy atom. The molecule has 0 aliphatic carbocycles. The van der Waals surface area contributed by atoms with Gasteiger partial charge in [0.1, 0.15) is 0 Å². The average molecular weight is 270 g/mol. The molecule has 92 valence electrons. The minimum atomic E-state index is 0.0981. The number of hydrogen-bond acceptors (Lipinski definition) is 3. The van der Waals surface area contributed by atoms with Crippen molar-refractivity contribution in [3.8, 4) is 0 Å². The second-order valence-electron chi connectivity index (χ2n) is 4.63. The van der Waals surface area contributed by atoms with Crippen LogP contribution in [0.3, 0.4) is 0 Å². The third kappa shape index (κ3) is 2.38. The number of imidazole rings is 1. The molecule has 0 spiro atoms. The number of nitrogen functional groups attached to an aromatic ring is 1. The van der Waals surface area contributed by atoms with Gasteiger partial charge in [-0.25, -0.2) is 4.98 Å². The fourth-order valence-electron chi connectivity index (χ4n) is 1.77. The van der Waals surface area contributed by atoms with E-state index in [2.05, 4.69) is 25.1 Å². The number of para-hydroxylation sites is 1. The maximum absolute atomic E-state index is 6.22. The van der Waals surface area contributed by atoms with E-state index in [0.29, 0.717) is 11.0 Å². The lowest BCUT2D eigenvalue weighted by Crippen LogP contribution is -2.23. The van der Waals surface area contributed by atoms with Gasteiger partial charge in [-0.05, 0) is 32.2 Å². The molecular weight excluding hydrogens is 254 g/mol. The molecule has 0 radical (unpaired) electrons. The number of hydrogen-bond donors (Lipinski definition) is 1. The number of halogens is 1. The lowest BCUT2D eigenvalue weighted by molar-refractivity contribution is 0.585. The molecule has 1 heterocycles. The van der Waals surface area contributed by atoms with E-state index in [1.807, 2.05) is 22.8 Å².